The zero-order valence-electron chi connectivity index (χ0n) is 9.48. The Morgan fingerprint density at radius 3 is 3.00 bits per heavy atom. The van der Waals surface area contributed by atoms with Gasteiger partial charge < -0.3 is 10.6 Å². The third-order valence-corrected chi connectivity index (χ3v) is 3.15. The molecule has 17 heavy (non-hydrogen) atoms. The van der Waals surface area contributed by atoms with Gasteiger partial charge in [-0.1, -0.05) is 11.8 Å². The number of allylic oxidation sites excluding steroid dienone is 2. The Balaban J connectivity index is 2.40. The molecule has 0 spiro atoms. The molecule has 0 radical (unpaired) electrons. The van der Waals surface area contributed by atoms with E-state index >= 15 is 0 Å². The fraction of sp³-hybridized carbons (Fsp3) is 0.182. The molecule has 0 amide bonds. The summed E-state index contributed by atoms with van der Waals surface area (Å²) in [6.45, 7) is 1.95. The van der Waals surface area contributed by atoms with Gasteiger partial charge in [0.05, 0.1) is 10.7 Å². The van der Waals surface area contributed by atoms with Crippen molar-refractivity contribution in [1.82, 2.24) is 15.3 Å². The lowest BCUT2D eigenvalue weighted by Gasteiger charge is -2.05. The highest BCUT2D eigenvalue weighted by atomic mass is 32.2. The number of thioether (sulfide) groups is 1. The van der Waals surface area contributed by atoms with E-state index in [0.717, 1.165) is 10.7 Å². The van der Waals surface area contributed by atoms with Gasteiger partial charge in [-0.2, -0.15) is 5.26 Å². The van der Waals surface area contributed by atoms with Gasteiger partial charge >= 0.3 is 0 Å². The van der Waals surface area contributed by atoms with Crippen LogP contribution in [-0.2, 0) is 0 Å². The average Bonchev–Trinajstić information content (AvgIpc) is 2.77. The fourth-order valence-electron chi connectivity index (χ4n) is 1.35. The largest absolute Gasteiger partial charge is 0.357 e. The predicted molar refractivity (Wildman–Crippen MR) is 68.6 cm³/mol. The van der Waals surface area contributed by atoms with Crippen molar-refractivity contribution in [3.8, 4) is 6.07 Å². The lowest BCUT2D eigenvalue weighted by molar-refractivity contribution is 1.06. The summed E-state index contributed by atoms with van der Waals surface area (Å²) in [5.74, 6) is 0.503. The minimum atomic E-state index is 0.503. The summed E-state index contributed by atoms with van der Waals surface area (Å²) in [5.41, 5.74) is 2.17. The van der Waals surface area contributed by atoms with Gasteiger partial charge in [-0.05, 0) is 18.4 Å². The van der Waals surface area contributed by atoms with Crippen LogP contribution in [0, 0.1) is 11.3 Å². The van der Waals surface area contributed by atoms with Crippen molar-refractivity contribution in [2.24, 2.45) is 0 Å². The molecule has 5 nitrogen and oxygen atoms in total. The number of hydrogen-bond acceptors (Lipinski definition) is 6. The lowest BCUT2D eigenvalue weighted by atomic mass is 10.2. The Morgan fingerprint density at radius 1 is 1.59 bits per heavy atom. The number of rotatable bonds is 2. The van der Waals surface area contributed by atoms with E-state index in [1.54, 1.807) is 19.3 Å². The minimum Gasteiger partial charge on any atom is -0.357 e. The Kier molecular flexibility index (Phi) is 3.30. The fourth-order valence-corrected chi connectivity index (χ4v) is 2.19. The molecule has 1 aliphatic rings. The normalized spacial score (nSPS) is 16.9. The molecule has 1 aromatic heterocycles. The zero-order valence-corrected chi connectivity index (χ0v) is 10.3. The summed E-state index contributed by atoms with van der Waals surface area (Å²) in [7, 11) is 1.74. The van der Waals surface area contributed by atoms with Crippen molar-refractivity contribution in [2.45, 2.75) is 6.92 Å². The lowest BCUT2D eigenvalue weighted by Crippen LogP contribution is -2.06. The van der Waals surface area contributed by atoms with E-state index in [9.17, 15) is 5.26 Å². The summed E-state index contributed by atoms with van der Waals surface area (Å²) < 4.78 is 0. The third kappa shape index (κ3) is 2.40. The van der Waals surface area contributed by atoms with Gasteiger partial charge in [0.2, 0.25) is 5.95 Å². The molecule has 2 heterocycles. The molecule has 2 rings (SSSR count). The van der Waals surface area contributed by atoms with Gasteiger partial charge in [0, 0.05) is 18.9 Å². The Hall–Kier alpha value is -2.00. The summed E-state index contributed by atoms with van der Waals surface area (Å²) in [6.07, 6.45) is 1.63. The first kappa shape index (κ1) is 11.5. The van der Waals surface area contributed by atoms with Crippen LogP contribution in [0.25, 0.3) is 5.57 Å². The molecule has 0 atom stereocenters. The third-order valence-electron chi connectivity index (χ3n) is 2.14. The van der Waals surface area contributed by atoms with Crippen molar-refractivity contribution in [2.75, 3.05) is 12.4 Å². The summed E-state index contributed by atoms with van der Waals surface area (Å²) in [6, 6.07) is 3.90. The van der Waals surface area contributed by atoms with Crippen molar-refractivity contribution in [3.63, 3.8) is 0 Å². The predicted octanol–water partition coefficient (Wildman–Crippen LogP) is 1.91. The smallest absolute Gasteiger partial charge is 0.222 e. The zero-order chi connectivity index (χ0) is 12.3. The molecule has 0 fully saturated rings. The number of nitrogens with zero attached hydrogens (tertiary/aromatic N) is 3. The Morgan fingerprint density at radius 2 is 2.41 bits per heavy atom. The van der Waals surface area contributed by atoms with E-state index in [1.807, 2.05) is 12.3 Å². The maximum atomic E-state index is 9.22. The Labute approximate surface area is 104 Å². The van der Waals surface area contributed by atoms with Crippen molar-refractivity contribution >= 4 is 23.3 Å². The van der Waals surface area contributed by atoms with E-state index < -0.39 is 0 Å². The van der Waals surface area contributed by atoms with Gasteiger partial charge in [-0.25, -0.2) is 9.97 Å². The first-order valence-corrected chi connectivity index (χ1v) is 5.88. The maximum absolute atomic E-state index is 9.22. The van der Waals surface area contributed by atoms with Crippen LogP contribution in [-0.4, -0.2) is 17.0 Å². The maximum Gasteiger partial charge on any atom is 0.222 e. The molecular weight excluding hydrogens is 234 g/mol. The van der Waals surface area contributed by atoms with Crippen LogP contribution in [0.2, 0.25) is 0 Å². The first-order valence-electron chi connectivity index (χ1n) is 5.00. The molecular formula is C11H11N5S. The molecule has 86 valence electrons. The number of aromatic nitrogens is 2. The van der Waals surface area contributed by atoms with Crippen LogP contribution >= 0.6 is 11.8 Å². The molecule has 0 saturated carbocycles. The van der Waals surface area contributed by atoms with Gasteiger partial charge in [0.1, 0.15) is 11.6 Å². The summed E-state index contributed by atoms with van der Waals surface area (Å²) in [4.78, 5) is 8.27. The van der Waals surface area contributed by atoms with E-state index in [1.165, 1.54) is 11.8 Å². The van der Waals surface area contributed by atoms with Crippen molar-refractivity contribution in [1.29, 1.82) is 5.26 Å². The second kappa shape index (κ2) is 4.89. The molecule has 0 aromatic carbocycles. The molecule has 1 aliphatic heterocycles. The van der Waals surface area contributed by atoms with Gasteiger partial charge in [-0.3, -0.25) is 0 Å². The quantitative estimate of drug-likeness (QED) is 0.775. The number of nitriles is 1. The molecule has 6 heteroatoms. The van der Waals surface area contributed by atoms with Crippen molar-refractivity contribution < 1.29 is 0 Å². The van der Waals surface area contributed by atoms with E-state index in [4.69, 9.17) is 0 Å². The highest BCUT2D eigenvalue weighted by Crippen LogP contribution is 2.30. The number of nitrogens with one attached hydrogen (secondary N) is 2. The van der Waals surface area contributed by atoms with Crippen LogP contribution in [0.4, 0.5) is 5.95 Å². The topological polar surface area (TPSA) is 73.6 Å². The molecule has 1 aromatic rings. The highest BCUT2D eigenvalue weighted by molar-refractivity contribution is 8.06. The second-order valence-corrected chi connectivity index (χ2v) is 4.25. The summed E-state index contributed by atoms with van der Waals surface area (Å²) >= 11 is 1.49. The second-order valence-electron chi connectivity index (χ2n) is 3.38. The molecule has 0 saturated heterocycles. The van der Waals surface area contributed by atoms with E-state index in [0.29, 0.717) is 17.2 Å². The monoisotopic (exact) mass is 245 g/mol. The van der Waals surface area contributed by atoms with Gasteiger partial charge in [0.25, 0.3) is 0 Å². The van der Waals surface area contributed by atoms with Crippen LogP contribution in [0.5, 0.6) is 0 Å². The molecule has 0 aliphatic carbocycles. The molecule has 2 N–H and O–H groups in total. The highest BCUT2D eigenvalue weighted by Gasteiger charge is 2.15. The van der Waals surface area contributed by atoms with Crippen molar-refractivity contribution in [3.05, 3.63) is 34.1 Å². The Bertz CT molecular complexity index is 541. The number of hydrogen-bond donors (Lipinski definition) is 2. The minimum absolute atomic E-state index is 0.503. The number of anilines is 1. The molecule has 0 unspecified atom stereocenters. The molecule has 0 bridgehead atoms. The van der Waals surface area contributed by atoms with Crippen LogP contribution < -0.4 is 10.6 Å². The van der Waals surface area contributed by atoms with Crippen LogP contribution in [0.3, 0.4) is 0 Å². The van der Waals surface area contributed by atoms with Gasteiger partial charge in [-0.15, -0.1) is 0 Å². The standard InChI is InChI=1S/C11H11N5S/c1-7-6-17-10(15-7)8(5-12)9-3-4-14-11(13-2)16-9/h3-4,6,15H,1-2H3,(H,13,14,16)/b10-8-. The van der Waals surface area contributed by atoms with Gasteiger partial charge in [0.15, 0.2) is 0 Å². The summed E-state index contributed by atoms with van der Waals surface area (Å²) in [5, 5.41) is 18.0. The van der Waals surface area contributed by atoms with Crippen LogP contribution in [0.1, 0.15) is 12.6 Å². The first-order chi connectivity index (χ1) is 8.24. The average molecular weight is 245 g/mol. The van der Waals surface area contributed by atoms with E-state index in [-0.39, 0.29) is 0 Å². The van der Waals surface area contributed by atoms with Crippen LogP contribution in [0.15, 0.2) is 28.4 Å². The van der Waals surface area contributed by atoms with E-state index in [2.05, 4.69) is 26.7 Å². The SMILES string of the molecule is CNc1nccc(/C(C#N)=C2/NC(C)=CS2)n1.